The van der Waals surface area contributed by atoms with Crippen molar-refractivity contribution in [2.75, 3.05) is 0 Å². The maximum Gasteiger partial charge on any atom is 0.257 e. The molecule has 3 rings (SSSR count). The monoisotopic (exact) mass is 295 g/mol. The lowest BCUT2D eigenvalue weighted by atomic mass is 10.1. The van der Waals surface area contributed by atoms with Crippen LogP contribution in [0.2, 0.25) is 0 Å². The highest BCUT2D eigenvalue weighted by Crippen LogP contribution is 2.23. The summed E-state index contributed by atoms with van der Waals surface area (Å²) in [6.45, 7) is 0.310. The molecular formula is C16H13N3O3. The lowest BCUT2D eigenvalue weighted by Gasteiger charge is -2.06. The van der Waals surface area contributed by atoms with Crippen LogP contribution >= 0.6 is 0 Å². The van der Waals surface area contributed by atoms with Crippen molar-refractivity contribution in [3.63, 3.8) is 0 Å². The second-order valence-electron chi connectivity index (χ2n) is 4.73. The predicted molar refractivity (Wildman–Crippen MR) is 79.1 cm³/mol. The average Bonchev–Trinajstić information content (AvgIpc) is 2.54. The normalized spacial score (nSPS) is 10.5. The Morgan fingerprint density at radius 3 is 2.95 bits per heavy atom. The van der Waals surface area contributed by atoms with Crippen LogP contribution in [0.25, 0.3) is 11.0 Å². The third-order valence-electron chi connectivity index (χ3n) is 3.19. The molecule has 3 N–H and O–H groups in total. The van der Waals surface area contributed by atoms with E-state index in [1.54, 1.807) is 30.6 Å². The van der Waals surface area contributed by atoms with Gasteiger partial charge in [-0.3, -0.25) is 15.2 Å². The van der Waals surface area contributed by atoms with Crippen LogP contribution in [-0.2, 0) is 6.54 Å². The first-order valence-electron chi connectivity index (χ1n) is 6.62. The van der Waals surface area contributed by atoms with Gasteiger partial charge in [-0.05, 0) is 23.8 Å². The number of hydrogen-bond acceptors (Lipinski definition) is 5. The molecule has 0 spiro atoms. The highest BCUT2D eigenvalue weighted by atomic mass is 16.4. The number of pyridine rings is 1. The zero-order valence-corrected chi connectivity index (χ0v) is 11.5. The molecule has 2 heterocycles. The number of nitrogens with zero attached hydrogens (tertiary/aromatic N) is 1. The van der Waals surface area contributed by atoms with Crippen molar-refractivity contribution in [1.82, 2.24) is 10.3 Å². The van der Waals surface area contributed by atoms with Crippen molar-refractivity contribution in [2.24, 2.45) is 0 Å². The Kier molecular flexibility index (Phi) is 3.57. The number of para-hydroxylation sites is 1. The first kappa shape index (κ1) is 13.8. The van der Waals surface area contributed by atoms with Crippen LogP contribution in [0.4, 0.5) is 0 Å². The van der Waals surface area contributed by atoms with Crippen LogP contribution < -0.4 is 10.9 Å². The molecule has 0 unspecified atom stereocenters. The van der Waals surface area contributed by atoms with Gasteiger partial charge in [0.25, 0.3) is 5.91 Å². The van der Waals surface area contributed by atoms with E-state index in [1.165, 1.54) is 12.1 Å². The largest absolute Gasteiger partial charge is 0.504 e. The first-order valence-corrected chi connectivity index (χ1v) is 6.62. The molecule has 0 aliphatic rings. The van der Waals surface area contributed by atoms with Gasteiger partial charge < -0.3 is 14.8 Å². The topological polar surface area (TPSA) is 99.2 Å². The molecule has 110 valence electrons. The second kappa shape index (κ2) is 5.69. The summed E-state index contributed by atoms with van der Waals surface area (Å²) < 4.78 is 5.24. The maximum atomic E-state index is 12.2. The SMILES string of the molecule is N=c1oc2c(O)cccc2cc1C(=O)NCc1cccnc1. The number of hydrogen-bond donors (Lipinski definition) is 3. The minimum atomic E-state index is -0.414. The van der Waals surface area contributed by atoms with Gasteiger partial charge in [0.2, 0.25) is 5.55 Å². The molecule has 0 saturated heterocycles. The van der Waals surface area contributed by atoms with E-state index in [2.05, 4.69) is 10.3 Å². The second-order valence-corrected chi connectivity index (χ2v) is 4.73. The summed E-state index contributed by atoms with van der Waals surface area (Å²) in [6, 6.07) is 9.97. The molecule has 6 nitrogen and oxygen atoms in total. The Balaban J connectivity index is 1.88. The van der Waals surface area contributed by atoms with Crippen LogP contribution in [0.1, 0.15) is 15.9 Å². The lowest BCUT2D eigenvalue weighted by molar-refractivity contribution is 0.0946. The Bertz CT molecular complexity index is 888. The van der Waals surface area contributed by atoms with Gasteiger partial charge in [0.1, 0.15) is 5.56 Å². The molecule has 1 amide bonds. The van der Waals surface area contributed by atoms with Gasteiger partial charge in [0.15, 0.2) is 11.3 Å². The van der Waals surface area contributed by atoms with Crippen molar-refractivity contribution in [2.45, 2.75) is 6.54 Å². The number of fused-ring (bicyclic) bond motifs is 1. The Morgan fingerprint density at radius 2 is 2.18 bits per heavy atom. The van der Waals surface area contributed by atoms with E-state index in [4.69, 9.17) is 9.83 Å². The van der Waals surface area contributed by atoms with Gasteiger partial charge in [-0.1, -0.05) is 18.2 Å². The van der Waals surface area contributed by atoms with E-state index in [0.29, 0.717) is 11.9 Å². The number of aromatic nitrogens is 1. The van der Waals surface area contributed by atoms with Crippen molar-refractivity contribution < 1.29 is 14.3 Å². The van der Waals surface area contributed by atoms with E-state index >= 15 is 0 Å². The van der Waals surface area contributed by atoms with Crippen molar-refractivity contribution in [3.05, 3.63) is 65.5 Å². The number of amides is 1. The molecule has 0 radical (unpaired) electrons. The fourth-order valence-electron chi connectivity index (χ4n) is 2.09. The maximum absolute atomic E-state index is 12.2. The summed E-state index contributed by atoms with van der Waals surface area (Å²) in [5.74, 6) is -0.476. The number of carbonyl (C=O) groups excluding carboxylic acids is 1. The molecule has 0 aliphatic carbocycles. The predicted octanol–water partition coefficient (Wildman–Crippen LogP) is 1.94. The average molecular weight is 295 g/mol. The minimum Gasteiger partial charge on any atom is -0.504 e. The molecule has 0 fully saturated rings. The van der Waals surface area contributed by atoms with E-state index in [-0.39, 0.29) is 22.5 Å². The van der Waals surface area contributed by atoms with Crippen LogP contribution in [0.3, 0.4) is 0 Å². The molecule has 0 bridgehead atoms. The first-order chi connectivity index (χ1) is 10.6. The van der Waals surface area contributed by atoms with Gasteiger partial charge in [0, 0.05) is 24.3 Å². The summed E-state index contributed by atoms with van der Waals surface area (Å²) in [4.78, 5) is 16.2. The number of aromatic hydroxyl groups is 1. The third-order valence-corrected chi connectivity index (χ3v) is 3.19. The number of benzene rings is 1. The van der Waals surface area contributed by atoms with E-state index in [1.807, 2.05) is 6.07 Å². The molecule has 2 aromatic heterocycles. The van der Waals surface area contributed by atoms with E-state index < -0.39 is 5.91 Å². The molecular weight excluding hydrogens is 282 g/mol. The summed E-state index contributed by atoms with van der Waals surface area (Å²) in [5.41, 5.74) is 0.869. The van der Waals surface area contributed by atoms with Crippen molar-refractivity contribution in [1.29, 1.82) is 5.41 Å². The van der Waals surface area contributed by atoms with Crippen molar-refractivity contribution >= 4 is 16.9 Å². The van der Waals surface area contributed by atoms with E-state index in [9.17, 15) is 9.90 Å². The molecule has 6 heteroatoms. The van der Waals surface area contributed by atoms with Crippen LogP contribution in [0, 0.1) is 5.41 Å². The summed E-state index contributed by atoms with van der Waals surface area (Å²) in [5, 5.41) is 20.8. The Labute approximate surface area is 125 Å². The smallest absolute Gasteiger partial charge is 0.257 e. The molecule has 1 aromatic carbocycles. The van der Waals surface area contributed by atoms with Crippen LogP contribution in [-0.4, -0.2) is 16.0 Å². The quantitative estimate of drug-likeness (QED) is 0.687. The van der Waals surface area contributed by atoms with Gasteiger partial charge in [0.05, 0.1) is 0 Å². The number of carbonyl (C=O) groups is 1. The Morgan fingerprint density at radius 1 is 1.32 bits per heavy atom. The number of phenols is 1. The standard InChI is InChI=1S/C16H13N3O3/c17-15-12(7-11-4-1-5-13(20)14(11)22-15)16(21)19-9-10-3-2-6-18-8-10/h1-8,17,20H,9H2,(H,19,21). The molecule has 0 atom stereocenters. The van der Waals surface area contributed by atoms with E-state index in [0.717, 1.165) is 5.56 Å². The highest BCUT2D eigenvalue weighted by Gasteiger charge is 2.12. The highest BCUT2D eigenvalue weighted by molar-refractivity contribution is 5.97. The van der Waals surface area contributed by atoms with Crippen LogP contribution in [0.5, 0.6) is 5.75 Å². The fraction of sp³-hybridized carbons (Fsp3) is 0.0625. The minimum absolute atomic E-state index is 0.0617. The third kappa shape index (κ3) is 2.67. The number of rotatable bonds is 3. The zero-order valence-electron chi connectivity index (χ0n) is 11.5. The van der Waals surface area contributed by atoms with Crippen LogP contribution in [0.15, 0.2) is 53.2 Å². The molecule has 22 heavy (non-hydrogen) atoms. The van der Waals surface area contributed by atoms with Gasteiger partial charge in [-0.2, -0.15) is 0 Å². The fourth-order valence-corrected chi connectivity index (χ4v) is 2.09. The molecule has 0 saturated carbocycles. The molecule has 0 aliphatic heterocycles. The van der Waals surface area contributed by atoms with Crippen molar-refractivity contribution in [3.8, 4) is 5.75 Å². The summed E-state index contributed by atoms with van der Waals surface area (Å²) >= 11 is 0. The van der Waals surface area contributed by atoms with Gasteiger partial charge >= 0.3 is 0 Å². The summed E-state index contributed by atoms with van der Waals surface area (Å²) in [7, 11) is 0. The van der Waals surface area contributed by atoms with Gasteiger partial charge in [-0.25, -0.2) is 0 Å². The number of nitrogens with one attached hydrogen (secondary N) is 2. The molecule has 3 aromatic rings. The zero-order chi connectivity index (χ0) is 15.5. The lowest BCUT2D eigenvalue weighted by Crippen LogP contribution is -2.27. The Hall–Kier alpha value is -3.15. The number of phenolic OH excluding ortho intramolecular Hbond substituents is 1. The van der Waals surface area contributed by atoms with Gasteiger partial charge in [-0.15, -0.1) is 0 Å². The summed E-state index contributed by atoms with van der Waals surface area (Å²) in [6.07, 6.45) is 3.31.